The lowest BCUT2D eigenvalue weighted by molar-refractivity contribution is -0.384. The van der Waals surface area contributed by atoms with Crippen molar-refractivity contribution in [1.82, 2.24) is 0 Å². The molecular weight excluding hydrogens is 427 g/mol. The molecule has 0 N–H and O–H groups in total. The number of non-ortho nitro benzene ring substituents is 1. The highest BCUT2D eigenvalue weighted by Gasteiger charge is 2.13. The predicted molar refractivity (Wildman–Crippen MR) is 119 cm³/mol. The van der Waals surface area contributed by atoms with E-state index < -0.39 is 4.92 Å². The standard InChI is InChI=1S/C22H18Cl2N2O4/c1-14-18(23)4-3-5-20(14)25-12-16-10-19(24)22(21(11-16)29-2)30-13-15-6-8-17(9-7-15)26(27)28/h3-12H,13H2,1-2H3. The first-order chi connectivity index (χ1) is 14.4. The molecule has 0 aromatic heterocycles. The third-order valence-electron chi connectivity index (χ3n) is 4.37. The Morgan fingerprint density at radius 2 is 1.83 bits per heavy atom. The Morgan fingerprint density at radius 1 is 1.10 bits per heavy atom. The first kappa shape index (κ1) is 21.6. The molecule has 3 rings (SSSR count). The molecule has 0 aliphatic carbocycles. The van der Waals surface area contributed by atoms with Gasteiger partial charge in [-0.2, -0.15) is 0 Å². The maximum absolute atomic E-state index is 10.8. The second-order valence-electron chi connectivity index (χ2n) is 6.39. The first-order valence-electron chi connectivity index (χ1n) is 8.92. The lowest BCUT2D eigenvalue weighted by Crippen LogP contribution is -2.00. The molecule has 0 fully saturated rings. The highest BCUT2D eigenvalue weighted by Crippen LogP contribution is 2.37. The van der Waals surface area contributed by atoms with Crippen molar-refractivity contribution in [3.63, 3.8) is 0 Å². The second-order valence-corrected chi connectivity index (χ2v) is 7.20. The van der Waals surface area contributed by atoms with E-state index in [2.05, 4.69) is 4.99 Å². The van der Waals surface area contributed by atoms with Crippen LogP contribution in [0, 0.1) is 17.0 Å². The van der Waals surface area contributed by atoms with Gasteiger partial charge in [0.05, 0.1) is 22.7 Å². The van der Waals surface area contributed by atoms with Gasteiger partial charge in [0, 0.05) is 23.4 Å². The molecule has 6 nitrogen and oxygen atoms in total. The van der Waals surface area contributed by atoms with Gasteiger partial charge in [-0.15, -0.1) is 0 Å². The van der Waals surface area contributed by atoms with Gasteiger partial charge in [-0.25, -0.2) is 0 Å². The van der Waals surface area contributed by atoms with Crippen LogP contribution in [0.5, 0.6) is 11.5 Å². The van der Waals surface area contributed by atoms with Crippen LogP contribution in [-0.2, 0) is 6.61 Å². The molecule has 0 unspecified atom stereocenters. The Kier molecular flexibility index (Phi) is 6.92. The Morgan fingerprint density at radius 3 is 2.50 bits per heavy atom. The molecule has 0 heterocycles. The molecule has 0 aliphatic heterocycles. The number of methoxy groups -OCH3 is 1. The largest absolute Gasteiger partial charge is 0.493 e. The zero-order valence-corrected chi connectivity index (χ0v) is 17.8. The molecule has 154 valence electrons. The third-order valence-corrected chi connectivity index (χ3v) is 5.06. The van der Waals surface area contributed by atoms with Gasteiger partial charge in [0.1, 0.15) is 6.61 Å². The van der Waals surface area contributed by atoms with Gasteiger partial charge in [-0.1, -0.05) is 29.3 Å². The normalized spacial score (nSPS) is 10.9. The molecule has 0 spiro atoms. The highest BCUT2D eigenvalue weighted by molar-refractivity contribution is 6.32. The van der Waals surface area contributed by atoms with E-state index in [4.69, 9.17) is 32.7 Å². The Hall–Kier alpha value is -3.09. The van der Waals surface area contributed by atoms with Gasteiger partial charge in [-0.05, 0) is 60.0 Å². The summed E-state index contributed by atoms with van der Waals surface area (Å²) in [6, 6.07) is 15.1. The van der Waals surface area contributed by atoms with Crippen molar-refractivity contribution in [2.75, 3.05) is 7.11 Å². The fraction of sp³-hybridized carbons (Fsp3) is 0.136. The fourth-order valence-corrected chi connectivity index (χ4v) is 3.15. The second kappa shape index (κ2) is 9.61. The van der Waals surface area contributed by atoms with Crippen LogP contribution in [0.4, 0.5) is 11.4 Å². The SMILES string of the molecule is COc1cc(C=Nc2cccc(Cl)c2C)cc(Cl)c1OCc1ccc([N+](=O)[O-])cc1. The minimum atomic E-state index is -0.449. The number of halogens is 2. The van der Waals surface area contributed by atoms with Crippen LogP contribution in [0.15, 0.2) is 59.6 Å². The number of ether oxygens (including phenoxy) is 2. The summed E-state index contributed by atoms with van der Waals surface area (Å²) in [5.74, 6) is 0.835. The van der Waals surface area contributed by atoms with Crippen LogP contribution in [0.1, 0.15) is 16.7 Å². The minimum Gasteiger partial charge on any atom is -0.493 e. The molecule has 0 bridgehead atoms. The Bertz CT molecular complexity index is 1100. The molecular formula is C22H18Cl2N2O4. The maximum Gasteiger partial charge on any atom is 0.269 e. The van der Waals surface area contributed by atoms with Crippen LogP contribution in [0.3, 0.4) is 0 Å². The maximum atomic E-state index is 10.8. The number of nitrogens with zero attached hydrogens (tertiary/aromatic N) is 2. The van der Waals surface area contributed by atoms with Crippen molar-refractivity contribution in [2.45, 2.75) is 13.5 Å². The Balaban J connectivity index is 1.79. The Labute approximate surface area is 183 Å². The number of aliphatic imine (C=N–C) groups is 1. The van der Waals surface area contributed by atoms with E-state index in [1.165, 1.54) is 19.2 Å². The van der Waals surface area contributed by atoms with Crippen molar-refractivity contribution < 1.29 is 14.4 Å². The molecule has 3 aromatic rings. The summed E-state index contributed by atoms with van der Waals surface area (Å²) >= 11 is 12.5. The third kappa shape index (κ3) is 5.09. The van der Waals surface area contributed by atoms with Crippen molar-refractivity contribution in [1.29, 1.82) is 0 Å². The van der Waals surface area contributed by atoms with Gasteiger partial charge < -0.3 is 9.47 Å². The summed E-state index contributed by atoms with van der Waals surface area (Å²) in [5.41, 5.74) is 3.17. The zero-order valence-electron chi connectivity index (χ0n) is 16.3. The van der Waals surface area contributed by atoms with Gasteiger partial charge in [0.15, 0.2) is 11.5 Å². The molecule has 8 heteroatoms. The lowest BCUT2D eigenvalue weighted by Gasteiger charge is -2.13. The summed E-state index contributed by atoms with van der Waals surface area (Å²) in [7, 11) is 1.52. The number of hydrogen-bond donors (Lipinski definition) is 0. The van der Waals surface area contributed by atoms with Crippen LogP contribution >= 0.6 is 23.2 Å². The van der Waals surface area contributed by atoms with Crippen molar-refractivity contribution in [3.8, 4) is 11.5 Å². The zero-order chi connectivity index (χ0) is 21.7. The van der Waals surface area contributed by atoms with E-state index >= 15 is 0 Å². The van der Waals surface area contributed by atoms with Gasteiger partial charge in [0.2, 0.25) is 0 Å². The van der Waals surface area contributed by atoms with E-state index in [9.17, 15) is 10.1 Å². The van der Waals surface area contributed by atoms with E-state index in [0.29, 0.717) is 21.5 Å². The highest BCUT2D eigenvalue weighted by atomic mass is 35.5. The molecule has 0 saturated heterocycles. The van der Waals surface area contributed by atoms with Crippen LogP contribution in [-0.4, -0.2) is 18.2 Å². The summed E-state index contributed by atoms with van der Waals surface area (Å²) in [6.07, 6.45) is 1.67. The average Bonchev–Trinajstić information content (AvgIpc) is 2.74. The van der Waals surface area contributed by atoms with E-state index in [1.807, 2.05) is 25.1 Å². The lowest BCUT2D eigenvalue weighted by atomic mass is 10.2. The van der Waals surface area contributed by atoms with E-state index in [1.54, 1.807) is 30.5 Å². The number of nitro benzene ring substituents is 1. The molecule has 0 saturated carbocycles. The van der Waals surface area contributed by atoms with E-state index in [0.717, 1.165) is 22.4 Å². The van der Waals surface area contributed by atoms with Crippen LogP contribution in [0.2, 0.25) is 10.0 Å². The molecule has 0 amide bonds. The fourth-order valence-electron chi connectivity index (χ4n) is 2.70. The molecule has 0 radical (unpaired) electrons. The monoisotopic (exact) mass is 444 g/mol. The predicted octanol–water partition coefficient (Wildman–Crippen LogP) is 6.55. The van der Waals surface area contributed by atoms with E-state index in [-0.39, 0.29) is 12.3 Å². The quantitative estimate of drug-likeness (QED) is 0.235. The molecule has 0 aliphatic rings. The van der Waals surface area contributed by atoms with Crippen LogP contribution in [0.25, 0.3) is 0 Å². The number of rotatable bonds is 7. The topological polar surface area (TPSA) is 74.0 Å². The van der Waals surface area contributed by atoms with Gasteiger partial charge in [0.25, 0.3) is 5.69 Å². The van der Waals surface area contributed by atoms with Gasteiger partial charge in [-0.3, -0.25) is 15.1 Å². The molecule has 30 heavy (non-hydrogen) atoms. The number of hydrogen-bond acceptors (Lipinski definition) is 5. The van der Waals surface area contributed by atoms with Crippen molar-refractivity contribution in [2.24, 2.45) is 4.99 Å². The average molecular weight is 445 g/mol. The smallest absolute Gasteiger partial charge is 0.269 e. The minimum absolute atomic E-state index is 0.0212. The van der Waals surface area contributed by atoms with Crippen molar-refractivity contribution in [3.05, 3.63) is 91.4 Å². The molecule has 3 aromatic carbocycles. The summed E-state index contributed by atoms with van der Waals surface area (Å²) in [6.45, 7) is 2.08. The van der Waals surface area contributed by atoms with Gasteiger partial charge >= 0.3 is 0 Å². The number of nitro groups is 1. The van der Waals surface area contributed by atoms with Crippen LogP contribution < -0.4 is 9.47 Å². The number of benzene rings is 3. The summed E-state index contributed by atoms with van der Waals surface area (Å²) < 4.78 is 11.2. The first-order valence-corrected chi connectivity index (χ1v) is 9.67. The summed E-state index contributed by atoms with van der Waals surface area (Å²) in [5, 5.41) is 11.8. The summed E-state index contributed by atoms with van der Waals surface area (Å²) in [4.78, 5) is 14.8. The van der Waals surface area contributed by atoms with Crippen molar-refractivity contribution >= 4 is 40.8 Å². The molecule has 0 atom stereocenters.